The number of benzene rings is 2. The standard InChI is InChI=1S/2C10H13I.C2H6/c2*1-10(2,3)8-4-6-9(11)7-5-8;1-2/h2*4-7H,1-3H3;1-2H3. The fourth-order valence-electron chi connectivity index (χ4n) is 1.90. The molecule has 0 saturated heterocycles. The lowest BCUT2D eigenvalue weighted by atomic mass is 9.87. The number of hydrogen-bond acceptors (Lipinski definition) is 0. The molecule has 0 aliphatic heterocycles. The molecule has 0 nitrogen and oxygen atoms in total. The molecular formula is C22H32I2. The second-order valence-corrected chi connectivity index (χ2v) is 10.0. The third-order valence-corrected chi connectivity index (χ3v) is 4.86. The first-order valence-corrected chi connectivity index (χ1v) is 10.7. The van der Waals surface area contributed by atoms with Crippen LogP contribution in [-0.2, 0) is 10.8 Å². The van der Waals surface area contributed by atoms with Crippen molar-refractivity contribution in [3.8, 4) is 0 Å². The van der Waals surface area contributed by atoms with Gasteiger partial charge in [0.1, 0.15) is 0 Å². The van der Waals surface area contributed by atoms with Crippen LogP contribution in [0.5, 0.6) is 0 Å². The third kappa shape index (κ3) is 9.40. The van der Waals surface area contributed by atoms with E-state index in [1.807, 2.05) is 13.8 Å². The first-order valence-electron chi connectivity index (χ1n) is 8.52. The van der Waals surface area contributed by atoms with Crippen LogP contribution in [0.4, 0.5) is 0 Å². The van der Waals surface area contributed by atoms with Crippen molar-refractivity contribution >= 4 is 45.2 Å². The Morgan fingerprint density at radius 1 is 0.500 bits per heavy atom. The van der Waals surface area contributed by atoms with Crippen LogP contribution < -0.4 is 0 Å². The van der Waals surface area contributed by atoms with Crippen LogP contribution in [-0.4, -0.2) is 0 Å². The van der Waals surface area contributed by atoms with E-state index in [9.17, 15) is 0 Å². The van der Waals surface area contributed by atoms with Gasteiger partial charge in [0, 0.05) is 7.14 Å². The largest absolute Gasteiger partial charge is 0.0683 e. The van der Waals surface area contributed by atoms with Gasteiger partial charge in [0.05, 0.1) is 0 Å². The third-order valence-electron chi connectivity index (χ3n) is 3.42. The average Bonchev–Trinajstić information content (AvgIpc) is 2.49. The van der Waals surface area contributed by atoms with Gasteiger partial charge in [-0.2, -0.15) is 0 Å². The molecule has 134 valence electrons. The van der Waals surface area contributed by atoms with Gasteiger partial charge in [-0.25, -0.2) is 0 Å². The fraction of sp³-hybridized carbons (Fsp3) is 0.455. The van der Waals surface area contributed by atoms with Crippen molar-refractivity contribution in [2.75, 3.05) is 0 Å². The lowest BCUT2D eigenvalue weighted by Crippen LogP contribution is -2.10. The van der Waals surface area contributed by atoms with Crippen LogP contribution in [0.25, 0.3) is 0 Å². The molecule has 24 heavy (non-hydrogen) atoms. The van der Waals surface area contributed by atoms with Crippen molar-refractivity contribution in [1.82, 2.24) is 0 Å². The minimum atomic E-state index is 0.282. The molecule has 2 aromatic rings. The molecule has 2 aromatic carbocycles. The lowest BCUT2D eigenvalue weighted by molar-refractivity contribution is 0.590. The number of hydrogen-bond donors (Lipinski definition) is 0. The van der Waals surface area contributed by atoms with Gasteiger partial charge in [-0.15, -0.1) is 0 Å². The predicted molar refractivity (Wildman–Crippen MR) is 127 cm³/mol. The molecule has 0 aliphatic rings. The van der Waals surface area contributed by atoms with E-state index in [1.165, 1.54) is 18.3 Å². The number of rotatable bonds is 0. The topological polar surface area (TPSA) is 0 Å². The zero-order chi connectivity index (χ0) is 19.0. The summed E-state index contributed by atoms with van der Waals surface area (Å²) in [7, 11) is 0. The second kappa shape index (κ2) is 10.8. The molecule has 0 amide bonds. The van der Waals surface area contributed by atoms with Gasteiger partial charge in [-0.3, -0.25) is 0 Å². The Bertz CT molecular complexity index is 512. The summed E-state index contributed by atoms with van der Waals surface area (Å²) in [6.45, 7) is 17.4. The maximum absolute atomic E-state index is 2.32. The summed E-state index contributed by atoms with van der Waals surface area (Å²) in [6.07, 6.45) is 0. The van der Waals surface area contributed by atoms with E-state index >= 15 is 0 Å². The van der Waals surface area contributed by atoms with Gasteiger partial charge in [0.15, 0.2) is 0 Å². The molecule has 0 atom stereocenters. The summed E-state index contributed by atoms with van der Waals surface area (Å²) in [5.74, 6) is 0. The molecule has 0 bridgehead atoms. The Balaban J connectivity index is 0.000000400. The highest BCUT2D eigenvalue weighted by Crippen LogP contribution is 2.23. The second-order valence-electron chi connectivity index (χ2n) is 7.51. The highest BCUT2D eigenvalue weighted by atomic mass is 127. The normalized spacial score (nSPS) is 10.9. The van der Waals surface area contributed by atoms with Crippen LogP contribution in [0.15, 0.2) is 48.5 Å². The average molecular weight is 550 g/mol. The maximum Gasteiger partial charge on any atom is 0.0130 e. The molecule has 0 spiro atoms. The Hall–Kier alpha value is -0.100. The minimum Gasteiger partial charge on any atom is -0.0683 e. The van der Waals surface area contributed by atoms with E-state index in [0.717, 1.165) is 0 Å². The molecule has 0 aromatic heterocycles. The highest BCUT2D eigenvalue weighted by Gasteiger charge is 2.12. The smallest absolute Gasteiger partial charge is 0.0130 e. The quantitative estimate of drug-likeness (QED) is 0.290. The molecule has 2 heteroatoms. The molecule has 2 rings (SSSR count). The lowest BCUT2D eigenvalue weighted by Gasteiger charge is -2.18. The van der Waals surface area contributed by atoms with Gasteiger partial charge in [-0.1, -0.05) is 79.7 Å². The minimum absolute atomic E-state index is 0.282. The summed E-state index contributed by atoms with van der Waals surface area (Å²) in [6, 6.07) is 17.4. The molecule has 0 saturated carbocycles. The molecule has 0 heterocycles. The van der Waals surface area contributed by atoms with E-state index in [0.29, 0.717) is 0 Å². The van der Waals surface area contributed by atoms with E-state index in [1.54, 1.807) is 0 Å². The van der Waals surface area contributed by atoms with Crippen molar-refractivity contribution < 1.29 is 0 Å². The molecule has 0 unspecified atom stereocenters. The van der Waals surface area contributed by atoms with E-state index in [4.69, 9.17) is 0 Å². The van der Waals surface area contributed by atoms with Crippen LogP contribution in [0.1, 0.15) is 66.5 Å². The first kappa shape index (κ1) is 23.9. The van der Waals surface area contributed by atoms with Crippen molar-refractivity contribution in [2.24, 2.45) is 0 Å². The van der Waals surface area contributed by atoms with E-state index < -0.39 is 0 Å². The van der Waals surface area contributed by atoms with Crippen LogP contribution in [0.2, 0.25) is 0 Å². The van der Waals surface area contributed by atoms with Gasteiger partial charge in [-0.05, 0) is 91.4 Å². The van der Waals surface area contributed by atoms with Gasteiger partial charge >= 0.3 is 0 Å². The molecule has 0 radical (unpaired) electrons. The molecule has 0 N–H and O–H groups in total. The Morgan fingerprint density at radius 2 is 0.708 bits per heavy atom. The number of halogens is 2. The Labute approximate surface area is 177 Å². The van der Waals surface area contributed by atoms with Crippen molar-refractivity contribution in [1.29, 1.82) is 0 Å². The highest BCUT2D eigenvalue weighted by molar-refractivity contribution is 14.1. The fourth-order valence-corrected chi connectivity index (χ4v) is 2.62. The first-order chi connectivity index (χ1) is 11.0. The monoisotopic (exact) mass is 550 g/mol. The molecule has 0 fully saturated rings. The molecule has 0 aliphatic carbocycles. The van der Waals surface area contributed by atoms with Gasteiger partial charge < -0.3 is 0 Å². The van der Waals surface area contributed by atoms with Crippen molar-refractivity contribution in [3.63, 3.8) is 0 Å². The van der Waals surface area contributed by atoms with Crippen molar-refractivity contribution in [3.05, 3.63) is 66.8 Å². The zero-order valence-electron chi connectivity index (χ0n) is 16.4. The summed E-state index contributed by atoms with van der Waals surface area (Å²) in [5.41, 5.74) is 3.37. The maximum atomic E-state index is 2.32. The zero-order valence-corrected chi connectivity index (χ0v) is 20.7. The van der Waals surface area contributed by atoms with E-state index in [-0.39, 0.29) is 10.8 Å². The predicted octanol–water partition coefficient (Wildman–Crippen LogP) is 8.20. The molecular weight excluding hydrogens is 518 g/mol. The van der Waals surface area contributed by atoms with Gasteiger partial charge in [0.2, 0.25) is 0 Å². The van der Waals surface area contributed by atoms with E-state index in [2.05, 4.69) is 135 Å². The summed E-state index contributed by atoms with van der Waals surface area (Å²) in [5, 5.41) is 0. The van der Waals surface area contributed by atoms with Crippen LogP contribution >= 0.6 is 45.2 Å². The summed E-state index contributed by atoms with van der Waals surface area (Å²) >= 11 is 4.65. The van der Waals surface area contributed by atoms with Gasteiger partial charge in [0.25, 0.3) is 0 Å². The SMILES string of the molecule is CC.CC(C)(C)c1ccc(I)cc1.CC(C)(C)c1ccc(I)cc1. The van der Waals surface area contributed by atoms with Crippen LogP contribution in [0, 0.1) is 7.14 Å². The summed E-state index contributed by atoms with van der Waals surface area (Å²) in [4.78, 5) is 0. The van der Waals surface area contributed by atoms with Crippen molar-refractivity contribution in [2.45, 2.75) is 66.2 Å². The Morgan fingerprint density at radius 3 is 0.875 bits per heavy atom. The van der Waals surface area contributed by atoms with Crippen LogP contribution in [0.3, 0.4) is 0 Å². The summed E-state index contributed by atoms with van der Waals surface area (Å²) < 4.78 is 2.60. The Kier molecular flexibility index (Phi) is 10.7.